The second-order valence-corrected chi connectivity index (χ2v) is 4.66. The number of hydrogen-bond donors (Lipinski definition) is 0. The van der Waals surface area contributed by atoms with Gasteiger partial charge in [-0.15, -0.1) is 0 Å². The van der Waals surface area contributed by atoms with E-state index in [9.17, 15) is 8.78 Å². The molecule has 72 valence electrons. The molecule has 1 heterocycles. The highest BCUT2D eigenvalue weighted by atomic mass is 127. The van der Waals surface area contributed by atoms with Crippen molar-refractivity contribution >= 4 is 54.5 Å². The fourth-order valence-corrected chi connectivity index (χ4v) is 2.91. The molecule has 0 unspecified atom stereocenters. The van der Waals surface area contributed by atoms with Gasteiger partial charge in [0.25, 0.3) is 6.43 Å². The van der Waals surface area contributed by atoms with E-state index < -0.39 is 6.43 Å². The van der Waals surface area contributed by atoms with Crippen LogP contribution in [0, 0.1) is 3.70 Å². The van der Waals surface area contributed by atoms with Gasteiger partial charge in [-0.25, -0.2) is 13.8 Å². The molecule has 0 saturated heterocycles. The van der Waals surface area contributed by atoms with Crippen LogP contribution in [0.4, 0.5) is 8.78 Å². The Balaban J connectivity index is 3.30. The molecule has 0 fully saturated rings. The molecule has 6 heteroatoms. The summed E-state index contributed by atoms with van der Waals surface area (Å²) in [6, 6.07) is 1.64. The molecule has 1 aromatic rings. The smallest absolute Gasteiger partial charge is 0.234 e. The van der Waals surface area contributed by atoms with E-state index in [0.29, 0.717) is 14.6 Å². The lowest BCUT2D eigenvalue weighted by atomic mass is 10.2. The molecule has 13 heavy (non-hydrogen) atoms. The maximum Gasteiger partial charge on any atom is 0.266 e. The molecular formula is C7H4Br2F2IN. The van der Waals surface area contributed by atoms with Gasteiger partial charge in [-0.2, -0.15) is 0 Å². The summed E-state index contributed by atoms with van der Waals surface area (Å²) in [6.07, 6.45) is -2.49. The summed E-state index contributed by atoms with van der Waals surface area (Å²) in [7, 11) is 0. The highest BCUT2D eigenvalue weighted by molar-refractivity contribution is 14.1. The van der Waals surface area contributed by atoms with Crippen LogP contribution in [-0.2, 0) is 5.33 Å². The molecule has 0 N–H and O–H groups in total. The maximum atomic E-state index is 12.5. The zero-order valence-electron chi connectivity index (χ0n) is 6.20. The van der Waals surface area contributed by atoms with Crippen molar-refractivity contribution in [2.75, 3.05) is 0 Å². The van der Waals surface area contributed by atoms with Crippen molar-refractivity contribution in [1.29, 1.82) is 0 Å². The molecule has 0 atom stereocenters. The van der Waals surface area contributed by atoms with Crippen molar-refractivity contribution in [3.05, 3.63) is 25.5 Å². The number of nitrogens with zero attached hydrogens (tertiary/aromatic N) is 1. The number of hydrogen-bond acceptors (Lipinski definition) is 1. The molecule has 0 spiro atoms. The Kier molecular flexibility index (Phi) is 4.50. The minimum atomic E-state index is -2.49. The minimum Gasteiger partial charge on any atom is -0.234 e. The summed E-state index contributed by atoms with van der Waals surface area (Å²) in [5.41, 5.74) is 0.540. The first-order valence-electron chi connectivity index (χ1n) is 3.25. The molecule has 0 aromatic carbocycles. The topological polar surface area (TPSA) is 12.9 Å². The Bertz CT molecular complexity index is 320. The Labute approximate surface area is 105 Å². The normalized spacial score (nSPS) is 10.9. The quantitative estimate of drug-likeness (QED) is 0.391. The number of aromatic nitrogens is 1. The van der Waals surface area contributed by atoms with Crippen LogP contribution in [0.25, 0.3) is 0 Å². The van der Waals surface area contributed by atoms with Gasteiger partial charge in [0.15, 0.2) is 0 Å². The van der Waals surface area contributed by atoms with Crippen molar-refractivity contribution in [2.24, 2.45) is 0 Å². The fourth-order valence-electron chi connectivity index (χ4n) is 0.881. The van der Waals surface area contributed by atoms with Crippen molar-refractivity contribution < 1.29 is 8.78 Å². The fraction of sp³-hybridized carbons (Fsp3) is 0.286. The van der Waals surface area contributed by atoms with Crippen molar-refractivity contribution in [1.82, 2.24) is 4.98 Å². The Hall–Kier alpha value is 0.700. The third-order valence-electron chi connectivity index (χ3n) is 1.43. The van der Waals surface area contributed by atoms with Crippen LogP contribution in [0.1, 0.15) is 17.6 Å². The van der Waals surface area contributed by atoms with E-state index in [-0.39, 0.29) is 10.2 Å². The summed E-state index contributed by atoms with van der Waals surface area (Å²) in [4.78, 5) is 3.91. The van der Waals surface area contributed by atoms with E-state index in [4.69, 9.17) is 0 Å². The van der Waals surface area contributed by atoms with Crippen LogP contribution in [0.15, 0.2) is 10.7 Å². The molecular weight excluding hydrogens is 423 g/mol. The second kappa shape index (κ2) is 4.97. The average molecular weight is 427 g/mol. The first-order valence-corrected chi connectivity index (χ1v) is 6.24. The predicted octanol–water partition coefficient (Wildman–Crippen LogP) is 4.28. The van der Waals surface area contributed by atoms with Gasteiger partial charge >= 0.3 is 0 Å². The first-order chi connectivity index (χ1) is 6.06. The van der Waals surface area contributed by atoms with E-state index in [2.05, 4.69) is 36.8 Å². The predicted molar refractivity (Wildman–Crippen MR) is 62.2 cm³/mol. The summed E-state index contributed by atoms with van der Waals surface area (Å²) in [5.74, 6) is 0. The zero-order valence-corrected chi connectivity index (χ0v) is 11.5. The van der Waals surface area contributed by atoms with Gasteiger partial charge in [-0.3, -0.25) is 0 Å². The Morgan fingerprint density at radius 2 is 2.15 bits per heavy atom. The molecule has 1 aromatic heterocycles. The molecule has 1 rings (SSSR count). The number of pyridine rings is 1. The van der Waals surface area contributed by atoms with E-state index in [1.165, 1.54) is 0 Å². The van der Waals surface area contributed by atoms with Gasteiger partial charge in [0.2, 0.25) is 0 Å². The molecule has 0 aliphatic heterocycles. The number of halogens is 5. The monoisotopic (exact) mass is 425 g/mol. The van der Waals surface area contributed by atoms with E-state index in [1.807, 2.05) is 22.6 Å². The van der Waals surface area contributed by atoms with E-state index >= 15 is 0 Å². The third kappa shape index (κ3) is 2.82. The van der Waals surface area contributed by atoms with Gasteiger partial charge in [0.05, 0.1) is 5.56 Å². The lowest BCUT2D eigenvalue weighted by molar-refractivity contribution is 0.149. The lowest BCUT2D eigenvalue weighted by Crippen LogP contribution is -1.98. The number of alkyl halides is 3. The van der Waals surface area contributed by atoms with Gasteiger partial charge in [0, 0.05) is 5.33 Å². The molecule has 0 amide bonds. The zero-order chi connectivity index (χ0) is 10.0. The highest BCUT2D eigenvalue weighted by Crippen LogP contribution is 2.31. The van der Waals surface area contributed by atoms with Gasteiger partial charge in [0.1, 0.15) is 8.30 Å². The van der Waals surface area contributed by atoms with Crippen molar-refractivity contribution in [2.45, 2.75) is 11.8 Å². The van der Waals surface area contributed by atoms with Gasteiger partial charge in [-0.05, 0) is 50.2 Å². The van der Waals surface area contributed by atoms with Gasteiger partial charge in [-0.1, -0.05) is 15.9 Å². The Morgan fingerprint density at radius 3 is 2.62 bits per heavy atom. The van der Waals surface area contributed by atoms with Crippen LogP contribution >= 0.6 is 54.5 Å². The average Bonchev–Trinajstić information content (AvgIpc) is 2.01. The molecule has 1 nitrogen and oxygen atoms in total. The van der Waals surface area contributed by atoms with Crippen LogP contribution in [0.5, 0.6) is 0 Å². The summed E-state index contributed by atoms with van der Waals surface area (Å²) in [6.45, 7) is 0. The molecule has 0 aliphatic carbocycles. The van der Waals surface area contributed by atoms with Crippen LogP contribution in [0.2, 0.25) is 0 Å². The molecule has 0 aliphatic rings. The molecule has 0 saturated carbocycles. The van der Waals surface area contributed by atoms with Gasteiger partial charge < -0.3 is 0 Å². The SMILES string of the molecule is FC(F)c1c(CBr)cc(I)nc1Br. The van der Waals surface area contributed by atoms with Crippen molar-refractivity contribution in [3.8, 4) is 0 Å². The number of rotatable bonds is 2. The van der Waals surface area contributed by atoms with Crippen LogP contribution in [-0.4, -0.2) is 4.98 Å². The van der Waals surface area contributed by atoms with Crippen LogP contribution < -0.4 is 0 Å². The molecule has 0 radical (unpaired) electrons. The van der Waals surface area contributed by atoms with Crippen molar-refractivity contribution in [3.63, 3.8) is 0 Å². The summed E-state index contributed by atoms with van der Waals surface area (Å²) in [5, 5.41) is 0.407. The second-order valence-electron chi connectivity index (χ2n) is 2.24. The highest BCUT2D eigenvalue weighted by Gasteiger charge is 2.17. The Morgan fingerprint density at radius 1 is 1.54 bits per heavy atom. The van der Waals surface area contributed by atoms with E-state index in [1.54, 1.807) is 6.07 Å². The summed E-state index contributed by atoms with van der Waals surface area (Å²) < 4.78 is 26.0. The van der Waals surface area contributed by atoms with E-state index in [0.717, 1.165) is 0 Å². The maximum absolute atomic E-state index is 12.5. The molecule has 0 bridgehead atoms. The standard InChI is InChI=1S/C7H4Br2F2IN/c8-2-3-1-4(12)13-6(9)5(3)7(10)11/h1,7H,2H2. The summed E-state index contributed by atoms with van der Waals surface area (Å²) >= 11 is 8.17. The first kappa shape index (κ1) is 11.8. The minimum absolute atomic E-state index is 0.0303. The van der Waals surface area contributed by atoms with Crippen LogP contribution in [0.3, 0.4) is 0 Å². The largest absolute Gasteiger partial charge is 0.266 e. The lowest BCUT2D eigenvalue weighted by Gasteiger charge is -2.08. The third-order valence-corrected chi connectivity index (χ3v) is 3.19.